The van der Waals surface area contributed by atoms with Crippen LogP contribution in [0.5, 0.6) is 5.75 Å². The lowest BCUT2D eigenvalue weighted by atomic mass is 10.2. The summed E-state index contributed by atoms with van der Waals surface area (Å²) in [5, 5.41) is 0. The fourth-order valence-electron chi connectivity index (χ4n) is 3.14. The van der Waals surface area contributed by atoms with Gasteiger partial charge >= 0.3 is 6.16 Å². The Morgan fingerprint density at radius 2 is 1.89 bits per heavy atom. The summed E-state index contributed by atoms with van der Waals surface area (Å²) in [5.74, 6) is -0.340. The van der Waals surface area contributed by atoms with Crippen molar-refractivity contribution >= 4 is 31.6 Å². The summed E-state index contributed by atoms with van der Waals surface area (Å²) < 4.78 is 41.7. The van der Waals surface area contributed by atoms with Crippen molar-refractivity contribution in [3.8, 4) is 5.75 Å². The number of nitrogens with zero attached hydrogens (tertiary/aromatic N) is 3. The molecule has 0 saturated carbocycles. The predicted molar refractivity (Wildman–Crippen MR) is 136 cm³/mol. The number of carbonyl (C=O) groups is 1. The highest BCUT2D eigenvalue weighted by Crippen LogP contribution is 2.39. The zero-order chi connectivity index (χ0) is 26.9. The minimum Gasteiger partial charge on any atom is -0.406 e. The Labute approximate surface area is 217 Å². The van der Waals surface area contributed by atoms with Gasteiger partial charge in [-0.1, -0.05) is 29.8 Å². The fourth-order valence-corrected chi connectivity index (χ4v) is 4.11. The van der Waals surface area contributed by atoms with Gasteiger partial charge < -0.3 is 29.0 Å². The molecule has 200 valence electrons. The van der Waals surface area contributed by atoms with Gasteiger partial charge in [-0.05, 0) is 36.8 Å². The zero-order valence-electron chi connectivity index (χ0n) is 20.3. The Morgan fingerprint density at radius 1 is 1.13 bits per heavy atom. The van der Waals surface area contributed by atoms with E-state index in [4.69, 9.17) is 29.0 Å². The van der Waals surface area contributed by atoms with Crippen molar-refractivity contribution in [2.45, 2.75) is 20.1 Å². The summed E-state index contributed by atoms with van der Waals surface area (Å²) >= 11 is 0. The van der Waals surface area contributed by atoms with E-state index in [1.807, 2.05) is 31.2 Å². The van der Waals surface area contributed by atoms with Crippen molar-refractivity contribution in [2.75, 3.05) is 25.5 Å². The van der Waals surface area contributed by atoms with Gasteiger partial charge in [-0.2, -0.15) is 4.98 Å². The largest absolute Gasteiger partial charge is 0.515 e. The van der Waals surface area contributed by atoms with Crippen LogP contribution in [0.25, 0.3) is 11.2 Å². The van der Waals surface area contributed by atoms with Crippen LogP contribution in [0.2, 0.25) is 0 Å². The van der Waals surface area contributed by atoms with Crippen molar-refractivity contribution in [1.82, 2.24) is 19.5 Å². The second kappa shape index (κ2) is 13.1. The van der Waals surface area contributed by atoms with Gasteiger partial charge in [0.15, 0.2) is 11.2 Å². The van der Waals surface area contributed by atoms with Crippen LogP contribution in [0.4, 0.5) is 15.1 Å². The van der Waals surface area contributed by atoms with Gasteiger partial charge in [-0.15, -0.1) is 0 Å². The molecule has 4 rings (SSSR count). The number of anilines is 1. The minimum absolute atomic E-state index is 0.00968. The molecule has 0 fully saturated rings. The summed E-state index contributed by atoms with van der Waals surface area (Å²) in [6.07, 6.45) is 0.531. The molecule has 0 saturated heterocycles. The maximum Gasteiger partial charge on any atom is 0.515 e. The smallest absolute Gasteiger partial charge is 0.406 e. The first-order valence-corrected chi connectivity index (χ1v) is 12.7. The van der Waals surface area contributed by atoms with E-state index in [1.54, 1.807) is 4.57 Å². The van der Waals surface area contributed by atoms with Crippen molar-refractivity contribution in [1.29, 1.82) is 0 Å². The Balaban J connectivity index is 1.28. The Morgan fingerprint density at radius 3 is 2.66 bits per heavy atom. The van der Waals surface area contributed by atoms with Crippen molar-refractivity contribution < 1.29 is 32.4 Å². The summed E-state index contributed by atoms with van der Waals surface area (Å²) in [6, 6.07) is 12.7. The molecule has 1 atom stereocenters. The third-order valence-corrected chi connectivity index (χ3v) is 6.25. The number of benzene rings is 2. The molecule has 14 heteroatoms. The van der Waals surface area contributed by atoms with Crippen molar-refractivity contribution in [3.05, 3.63) is 82.2 Å². The van der Waals surface area contributed by atoms with Crippen LogP contribution in [0.1, 0.15) is 11.1 Å². The van der Waals surface area contributed by atoms with E-state index in [0.29, 0.717) is 12.2 Å². The molecule has 0 bridgehead atoms. The monoisotopic (exact) mass is 545 g/mol. The maximum atomic E-state index is 13.0. The second-order valence-corrected chi connectivity index (χ2v) is 9.33. The van der Waals surface area contributed by atoms with Crippen molar-refractivity contribution in [3.63, 3.8) is 0 Å². The van der Waals surface area contributed by atoms with E-state index < -0.39 is 32.7 Å². The molecule has 0 spiro atoms. The normalized spacial score (nSPS) is 11.9. The number of imidazole rings is 1. The molecule has 12 nitrogen and oxygen atoms in total. The number of fused-ring (bicyclic) bond motifs is 1. The number of nitrogens with one attached hydrogen (secondary N) is 1. The molecule has 4 aromatic rings. The Kier molecular flexibility index (Phi) is 9.33. The Hall–Kier alpha value is -3.90. The van der Waals surface area contributed by atoms with Gasteiger partial charge in [0.2, 0.25) is 21.1 Å². The lowest BCUT2D eigenvalue weighted by Gasteiger charge is -2.18. The van der Waals surface area contributed by atoms with Gasteiger partial charge in [0, 0.05) is 6.54 Å². The third kappa shape index (κ3) is 7.80. The maximum absolute atomic E-state index is 13.0. The number of ether oxygens (including phenoxy) is 3. The molecule has 0 aliphatic rings. The molecule has 0 aliphatic heterocycles. The van der Waals surface area contributed by atoms with Crippen LogP contribution in [0, 0.1) is 12.7 Å². The van der Waals surface area contributed by atoms with Crippen LogP contribution in [-0.2, 0) is 31.7 Å². The molecule has 2 aromatic carbocycles. The number of halogens is 1. The molecule has 3 N–H and O–H groups in total. The summed E-state index contributed by atoms with van der Waals surface area (Å²) in [7, 11) is -1.62. The van der Waals surface area contributed by atoms with Crippen LogP contribution in [0.15, 0.2) is 59.7 Å². The molecular weight excluding hydrogens is 520 g/mol. The number of carbonyl (C=O) groups excluding carboxylic acids is 1. The van der Waals surface area contributed by atoms with E-state index in [-0.39, 0.29) is 36.8 Å². The molecule has 2 heterocycles. The number of hydrogen-bond acceptors (Lipinski definition) is 10. The highest BCUT2D eigenvalue weighted by atomic mass is 31.2. The first-order valence-electron chi connectivity index (χ1n) is 11.3. The molecule has 1 unspecified atom stereocenters. The minimum atomic E-state index is -1.62. The van der Waals surface area contributed by atoms with Crippen LogP contribution in [-0.4, -0.2) is 45.4 Å². The molecule has 0 aliphatic carbocycles. The average molecular weight is 545 g/mol. The summed E-state index contributed by atoms with van der Waals surface area (Å²) in [5.41, 5.74) is 7.77. The number of hydrogen-bond donors (Lipinski definition) is 2. The van der Waals surface area contributed by atoms with E-state index in [2.05, 4.69) is 15.0 Å². The third-order valence-electron chi connectivity index (χ3n) is 5.05. The molecule has 0 radical (unpaired) electrons. The zero-order valence-corrected chi connectivity index (χ0v) is 21.2. The standard InChI is InChI=1S/C24H25FN5O7P/c1-16-2-4-17(5-3-16)12-35-38(36-14-34-24(32)37-19-8-6-18(25)7-9-19)15-33-11-10-30-13-27-20-21(30)28-23(26)29-22(20)31/h2-9,13H,10-12,14-15H2,1H3,(H3,26,28,29,31). The predicted octanol–water partition coefficient (Wildman–Crippen LogP) is 3.84. The van der Waals surface area contributed by atoms with Crippen LogP contribution >= 0.6 is 8.38 Å². The lowest BCUT2D eigenvalue weighted by Crippen LogP contribution is -2.14. The first-order chi connectivity index (χ1) is 18.4. The summed E-state index contributed by atoms with van der Waals surface area (Å²) in [4.78, 5) is 34.4. The second-order valence-electron chi connectivity index (χ2n) is 7.89. The number of nitrogen functional groups attached to an aromatic ring is 1. The van der Waals surface area contributed by atoms with E-state index >= 15 is 0 Å². The fraction of sp³-hybridized carbons (Fsp3) is 0.250. The highest BCUT2D eigenvalue weighted by molar-refractivity contribution is 7.46. The number of aromatic amines is 1. The molecule has 2 aromatic heterocycles. The van der Waals surface area contributed by atoms with Gasteiger partial charge in [-0.3, -0.25) is 14.3 Å². The quantitative estimate of drug-likeness (QED) is 0.0883. The van der Waals surface area contributed by atoms with Crippen LogP contribution in [0.3, 0.4) is 0 Å². The molecule has 38 heavy (non-hydrogen) atoms. The number of nitrogens with two attached hydrogens (primary N) is 1. The average Bonchev–Trinajstić information content (AvgIpc) is 3.30. The van der Waals surface area contributed by atoms with Crippen molar-refractivity contribution in [2.24, 2.45) is 0 Å². The van der Waals surface area contributed by atoms with Gasteiger partial charge in [0.25, 0.3) is 5.56 Å². The topological polar surface area (TPSA) is 153 Å². The van der Waals surface area contributed by atoms with Crippen LogP contribution < -0.4 is 16.0 Å². The molecule has 0 amide bonds. The van der Waals surface area contributed by atoms with E-state index in [0.717, 1.165) is 23.3 Å². The SMILES string of the molecule is Cc1ccc(COP(COCCn2cnc3c(=O)[nH]c(N)nc32)OCOC(=O)Oc2ccc(F)cc2)cc1. The van der Waals surface area contributed by atoms with E-state index in [1.165, 1.54) is 18.5 Å². The number of H-pyrrole nitrogens is 1. The molecular formula is C24H25FN5O7P. The Bertz CT molecular complexity index is 1410. The van der Waals surface area contributed by atoms with Gasteiger partial charge in [-0.25, -0.2) is 14.2 Å². The lowest BCUT2D eigenvalue weighted by molar-refractivity contribution is 0.0244. The number of rotatable bonds is 12. The number of aromatic nitrogens is 4. The van der Waals surface area contributed by atoms with Gasteiger partial charge in [0.05, 0.1) is 19.5 Å². The summed E-state index contributed by atoms with van der Waals surface area (Å²) in [6.45, 7) is 2.37. The van der Waals surface area contributed by atoms with E-state index in [9.17, 15) is 14.0 Å². The highest BCUT2D eigenvalue weighted by Gasteiger charge is 2.15. The van der Waals surface area contributed by atoms with Gasteiger partial charge in [0.1, 0.15) is 17.9 Å². The number of aryl methyl sites for hydroxylation is 1. The first kappa shape index (κ1) is 27.1.